The average molecular weight is 317 g/mol. The van der Waals surface area contributed by atoms with E-state index in [4.69, 9.17) is 0 Å². The van der Waals surface area contributed by atoms with Crippen molar-refractivity contribution >= 4 is 27.8 Å². The molecule has 6 heteroatoms. The molecule has 5 nitrogen and oxygen atoms in total. The molecule has 114 valence electrons. The van der Waals surface area contributed by atoms with Gasteiger partial charge >= 0.3 is 5.97 Å². The van der Waals surface area contributed by atoms with Gasteiger partial charge in [-0.1, -0.05) is 36.4 Å². The number of benzene rings is 2. The Kier molecular flexibility index (Phi) is 4.95. The molecule has 0 fully saturated rings. The molecule has 0 unspecified atom stereocenters. The van der Waals surface area contributed by atoms with Gasteiger partial charge < -0.3 is 4.74 Å². The van der Waals surface area contributed by atoms with Crippen molar-refractivity contribution in [2.75, 3.05) is 11.8 Å². The summed E-state index contributed by atoms with van der Waals surface area (Å²) in [7, 11) is -2.41. The molecule has 0 bridgehead atoms. The first-order chi connectivity index (χ1) is 10.5. The van der Waals surface area contributed by atoms with E-state index in [0.717, 1.165) is 0 Å². The van der Waals surface area contributed by atoms with Gasteiger partial charge in [-0.05, 0) is 29.8 Å². The molecular weight excluding hydrogens is 302 g/mol. The molecule has 22 heavy (non-hydrogen) atoms. The van der Waals surface area contributed by atoms with E-state index in [1.807, 2.05) is 0 Å². The van der Waals surface area contributed by atoms with E-state index in [1.54, 1.807) is 42.5 Å². The molecule has 0 heterocycles. The average Bonchev–Trinajstić information content (AvgIpc) is 2.54. The summed E-state index contributed by atoms with van der Waals surface area (Å²) < 4.78 is 31.7. The van der Waals surface area contributed by atoms with Crippen molar-refractivity contribution < 1.29 is 17.9 Å². The Hall–Kier alpha value is -2.60. The molecule has 2 aromatic rings. The number of hydrogen-bond donors (Lipinski definition) is 1. The number of methoxy groups -OCH3 is 1. The molecule has 0 aromatic heterocycles. The second kappa shape index (κ2) is 6.91. The maximum absolute atomic E-state index is 12.3. The number of carbonyl (C=O) groups excluding carboxylic acids is 1. The molecule has 0 aliphatic carbocycles. The van der Waals surface area contributed by atoms with Crippen LogP contribution in [0.25, 0.3) is 6.08 Å². The second-order valence-electron chi connectivity index (χ2n) is 4.36. The van der Waals surface area contributed by atoms with Gasteiger partial charge in [0.2, 0.25) is 0 Å². The first-order valence-corrected chi connectivity index (χ1v) is 7.94. The summed E-state index contributed by atoms with van der Waals surface area (Å²) in [5.41, 5.74) is 0.943. The molecule has 0 aliphatic heterocycles. The summed E-state index contributed by atoms with van der Waals surface area (Å²) in [5, 5.41) is 0. The number of anilines is 1. The predicted octanol–water partition coefficient (Wildman–Crippen LogP) is 2.67. The van der Waals surface area contributed by atoms with Gasteiger partial charge in [0.25, 0.3) is 10.0 Å². The summed E-state index contributed by atoms with van der Waals surface area (Å²) >= 11 is 0. The number of esters is 1. The highest BCUT2D eigenvalue weighted by Gasteiger charge is 2.14. The van der Waals surface area contributed by atoms with Crippen molar-refractivity contribution in [3.8, 4) is 0 Å². The van der Waals surface area contributed by atoms with Crippen molar-refractivity contribution in [3.63, 3.8) is 0 Å². The Balaban J connectivity index is 2.31. The van der Waals surface area contributed by atoms with Crippen LogP contribution in [0, 0.1) is 0 Å². The fourth-order valence-corrected chi connectivity index (χ4v) is 2.87. The molecule has 0 spiro atoms. The molecule has 0 amide bonds. The van der Waals surface area contributed by atoms with Crippen LogP contribution in [0.1, 0.15) is 5.56 Å². The van der Waals surface area contributed by atoms with Gasteiger partial charge in [0, 0.05) is 6.08 Å². The smallest absolute Gasteiger partial charge is 0.330 e. The fourth-order valence-electron chi connectivity index (χ4n) is 1.76. The van der Waals surface area contributed by atoms with E-state index in [2.05, 4.69) is 9.46 Å². The van der Waals surface area contributed by atoms with Crippen molar-refractivity contribution in [1.29, 1.82) is 0 Å². The van der Waals surface area contributed by atoms with Crippen LogP contribution in [0.4, 0.5) is 5.69 Å². The van der Waals surface area contributed by atoms with Crippen molar-refractivity contribution in [1.82, 2.24) is 0 Å². The zero-order valence-electron chi connectivity index (χ0n) is 11.9. The maximum Gasteiger partial charge on any atom is 0.330 e. The molecule has 0 radical (unpaired) electrons. The lowest BCUT2D eigenvalue weighted by atomic mass is 10.2. The highest BCUT2D eigenvalue weighted by molar-refractivity contribution is 7.92. The van der Waals surface area contributed by atoms with E-state index in [-0.39, 0.29) is 4.90 Å². The van der Waals surface area contributed by atoms with E-state index in [1.165, 1.54) is 31.4 Å². The molecule has 0 saturated carbocycles. The van der Waals surface area contributed by atoms with E-state index in [9.17, 15) is 13.2 Å². The van der Waals surface area contributed by atoms with Crippen LogP contribution in [-0.4, -0.2) is 21.5 Å². The lowest BCUT2D eigenvalue weighted by Crippen LogP contribution is -2.13. The largest absolute Gasteiger partial charge is 0.466 e. The van der Waals surface area contributed by atoms with Crippen LogP contribution in [0.5, 0.6) is 0 Å². The molecule has 0 aliphatic rings. The van der Waals surface area contributed by atoms with Crippen molar-refractivity contribution in [2.45, 2.75) is 4.90 Å². The van der Waals surface area contributed by atoms with Gasteiger partial charge in [0.15, 0.2) is 0 Å². The minimum atomic E-state index is -3.68. The summed E-state index contributed by atoms with van der Waals surface area (Å²) in [6, 6.07) is 14.8. The number of nitrogens with one attached hydrogen (secondary N) is 1. The topological polar surface area (TPSA) is 72.5 Å². The number of para-hydroxylation sites is 1. The van der Waals surface area contributed by atoms with Crippen molar-refractivity contribution in [2.24, 2.45) is 0 Å². The van der Waals surface area contributed by atoms with E-state index < -0.39 is 16.0 Å². The molecular formula is C16H15NO4S. The van der Waals surface area contributed by atoms with Gasteiger partial charge in [-0.25, -0.2) is 13.2 Å². The van der Waals surface area contributed by atoms with Crippen LogP contribution in [0.15, 0.2) is 65.6 Å². The van der Waals surface area contributed by atoms with Crippen molar-refractivity contribution in [3.05, 3.63) is 66.2 Å². The molecule has 0 atom stereocenters. The zero-order chi connectivity index (χ0) is 16.0. The first-order valence-electron chi connectivity index (χ1n) is 6.46. The van der Waals surface area contributed by atoms with Gasteiger partial charge in [-0.3, -0.25) is 4.72 Å². The molecule has 2 aromatic carbocycles. The van der Waals surface area contributed by atoms with Crippen LogP contribution < -0.4 is 4.72 Å². The second-order valence-corrected chi connectivity index (χ2v) is 6.04. The Morgan fingerprint density at radius 2 is 1.68 bits per heavy atom. The minimum absolute atomic E-state index is 0.168. The molecule has 1 N–H and O–H groups in total. The highest BCUT2D eigenvalue weighted by atomic mass is 32.2. The summed E-state index contributed by atoms with van der Waals surface area (Å²) in [5.74, 6) is -0.513. The standard InChI is InChI=1S/C16H15NO4S/c1-21-16(18)12-11-13-7-5-6-10-15(13)17-22(19,20)14-8-3-2-4-9-14/h2-12,17H,1H3/b12-11+. The Labute approximate surface area is 129 Å². The van der Waals surface area contributed by atoms with Crippen LogP contribution in [0.3, 0.4) is 0 Å². The Morgan fingerprint density at radius 1 is 1.05 bits per heavy atom. The SMILES string of the molecule is COC(=O)/C=C/c1ccccc1NS(=O)(=O)c1ccccc1. The monoisotopic (exact) mass is 317 g/mol. The molecule has 2 rings (SSSR count). The first kappa shape index (κ1) is 15.8. The Morgan fingerprint density at radius 3 is 2.36 bits per heavy atom. The van der Waals surface area contributed by atoms with Gasteiger partial charge in [0.05, 0.1) is 17.7 Å². The van der Waals surface area contributed by atoms with Crippen LogP contribution in [0.2, 0.25) is 0 Å². The third-order valence-electron chi connectivity index (χ3n) is 2.86. The highest BCUT2D eigenvalue weighted by Crippen LogP contribution is 2.21. The third kappa shape index (κ3) is 3.95. The fraction of sp³-hybridized carbons (Fsp3) is 0.0625. The van der Waals surface area contributed by atoms with E-state index in [0.29, 0.717) is 11.3 Å². The predicted molar refractivity (Wildman–Crippen MR) is 84.7 cm³/mol. The summed E-state index contributed by atoms with van der Waals surface area (Å²) in [4.78, 5) is 11.3. The lowest BCUT2D eigenvalue weighted by Gasteiger charge is -2.10. The maximum atomic E-state index is 12.3. The zero-order valence-corrected chi connectivity index (χ0v) is 12.7. The lowest BCUT2D eigenvalue weighted by molar-refractivity contribution is -0.134. The molecule has 0 saturated heterocycles. The number of rotatable bonds is 5. The van der Waals surface area contributed by atoms with Crippen LogP contribution >= 0.6 is 0 Å². The summed E-state index contributed by atoms with van der Waals surface area (Å²) in [6.07, 6.45) is 2.73. The number of sulfonamides is 1. The number of carbonyl (C=O) groups is 1. The normalized spacial score (nSPS) is 11.3. The Bertz CT molecular complexity index is 783. The minimum Gasteiger partial charge on any atom is -0.466 e. The number of hydrogen-bond acceptors (Lipinski definition) is 4. The van der Waals surface area contributed by atoms with Gasteiger partial charge in [0.1, 0.15) is 0 Å². The van der Waals surface area contributed by atoms with E-state index >= 15 is 0 Å². The summed E-state index contributed by atoms with van der Waals surface area (Å²) in [6.45, 7) is 0. The van der Waals surface area contributed by atoms with Gasteiger partial charge in [-0.15, -0.1) is 0 Å². The van der Waals surface area contributed by atoms with Gasteiger partial charge in [-0.2, -0.15) is 0 Å². The quantitative estimate of drug-likeness (QED) is 0.680. The third-order valence-corrected chi connectivity index (χ3v) is 4.24. The van der Waals surface area contributed by atoms with Crippen LogP contribution in [-0.2, 0) is 19.6 Å². The number of ether oxygens (including phenoxy) is 1.